The Kier molecular flexibility index (Phi) is 8.63. The second-order valence-corrected chi connectivity index (χ2v) is 6.11. The van der Waals surface area contributed by atoms with Gasteiger partial charge in [-0.3, -0.25) is 4.79 Å². The van der Waals surface area contributed by atoms with E-state index in [4.69, 9.17) is 4.52 Å². The molecule has 132 valence electrons. The van der Waals surface area contributed by atoms with Gasteiger partial charge in [-0.15, -0.1) is 12.4 Å². The van der Waals surface area contributed by atoms with E-state index in [-0.39, 0.29) is 18.3 Å². The molecule has 0 aliphatic carbocycles. The highest BCUT2D eigenvalue weighted by Gasteiger charge is 2.28. The molecule has 1 saturated heterocycles. The Hall–Kier alpha value is -1.07. The zero-order valence-electron chi connectivity index (χ0n) is 14.5. The minimum absolute atomic E-state index is 0. The average Bonchev–Trinajstić information content (AvgIpc) is 3.04. The lowest BCUT2D eigenvalue weighted by atomic mass is 9.99. The van der Waals surface area contributed by atoms with E-state index in [2.05, 4.69) is 31.2 Å². The molecule has 1 fully saturated rings. The number of halogens is 1. The molecule has 1 amide bonds. The first-order valence-corrected chi connectivity index (χ1v) is 8.69. The highest BCUT2D eigenvalue weighted by molar-refractivity contribution is 5.91. The van der Waals surface area contributed by atoms with E-state index in [0.29, 0.717) is 17.7 Å². The third-order valence-corrected chi connectivity index (χ3v) is 4.62. The molecular weight excluding hydrogens is 314 g/mol. The zero-order chi connectivity index (χ0) is 15.9. The summed E-state index contributed by atoms with van der Waals surface area (Å²) in [5.41, 5.74) is 0.912. The van der Waals surface area contributed by atoms with Crippen LogP contribution in [0.3, 0.4) is 0 Å². The molecule has 0 radical (unpaired) electrons. The van der Waals surface area contributed by atoms with Crippen LogP contribution < -0.4 is 5.32 Å². The van der Waals surface area contributed by atoms with Gasteiger partial charge in [0.25, 0.3) is 5.91 Å². The summed E-state index contributed by atoms with van der Waals surface area (Å²) in [5.74, 6) is 0.774. The van der Waals surface area contributed by atoms with Crippen LogP contribution in [0.15, 0.2) is 10.6 Å². The number of aromatic nitrogens is 1. The van der Waals surface area contributed by atoms with Crippen LogP contribution in [0.1, 0.15) is 75.0 Å². The second kappa shape index (κ2) is 9.93. The van der Waals surface area contributed by atoms with Gasteiger partial charge in [-0.05, 0) is 45.2 Å². The Balaban J connectivity index is 0.00000264. The molecule has 23 heavy (non-hydrogen) atoms. The normalized spacial score (nSPS) is 15.5. The van der Waals surface area contributed by atoms with Crippen molar-refractivity contribution in [2.75, 3.05) is 19.6 Å². The molecule has 0 unspecified atom stereocenters. The summed E-state index contributed by atoms with van der Waals surface area (Å²) in [7, 11) is 0. The third kappa shape index (κ3) is 4.95. The zero-order valence-corrected chi connectivity index (χ0v) is 15.3. The SMILES string of the molecule is CCCN(C(=O)c1cc(C(CC)CC)no1)C1CCNCC1.Cl. The summed E-state index contributed by atoms with van der Waals surface area (Å²) in [6, 6.07) is 2.17. The average molecular weight is 344 g/mol. The summed E-state index contributed by atoms with van der Waals surface area (Å²) in [4.78, 5) is 14.8. The van der Waals surface area contributed by atoms with Crippen LogP contribution in [0.5, 0.6) is 0 Å². The predicted octanol–water partition coefficient (Wildman–Crippen LogP) is 3.60. The molecule has 1 aromatic heterocycles. The van der Waals surface area contributed by atoms with Crippen molar-refractivity contribution in [3.63, 3.8) is 0 Å². The molecule has 1 aliphatic rings. The van der Waals surface area contributed by atoms with Crippen molar-refractivity contribution in [1.82, 2.24) is 15.4 Å². The lowest BCUT2D eigenvalue weighted by Crippen LogP contribution is -2.46. The molecule has 0 saturated carbocycles. The third-order valence-electron chi connectivity index (χ3n) is 4.62. The van der Waals surface area contributed by atoms with Gasteiger partial charge in [-0.2, -0.15) is 0 Å². The number of nitrogens with one attached hydrogen (secondary N) is 1. The van der Waals surface area contributed by atoms with Gasteiger partial charge >= 0.3 is 0 Å². The summed E-state index contributed by atoms with van der Waals surface area (Å²) in [5, 5.41) is 7.48. The molecule has 0 atom stereocenters. The Morgan fingerprint density at radius 2 is 2.00 bits per heavy atom. The van der Waals surface area contributed by atoms with Gasteiger partial charge in [0, 0.05) is 24.6 Å². The van der Waals surface area contributed by atoms with Gasteiger partial charge in [0.1, 0.15) is 0 Å². The fourth-order valence-corrected chi connectivity index (χ4v) is 3.24. The van der Waals surface area contributed by atoms with E-state index in [9.17, 15) is 4.79 Å². The first-order chi connectivity index (χ1) is 10.7. The maximum Gasteiger partial charge on any atom is 0.292 e. The van der Waals surface area contributed by atoms with E-state index >= 15 is 0 Å². The highest BCUT2D eigenvalue weighted by atomic mass is 35.5. The van der Waals surface area contributed by atoms with Crippen LogP contribution >= 0.6 is 12.4 Å². The smallest absolute Gasteiger partial charge is 0.292 e. The minimum Gasteiger partial charge on any atom is -0.351 e. The Bertz CT molecular complexity index is 468. The molecule has 1 aromatic rings. The number of carbonyl (C=O) groups is 1. The van der Waals surface area contributed by atoms with E-state index in [1.807, 2.05) is 11.0 Å². The minimum atomic E-state index is -0.00143. The highest BCUT2D eigenvalue weighted by Crippen LogP contribution is 2.24. The van der Waals surface area contributed by atoms with Gasteiger partial charge in [0.2, 0.25) is 5.76 Å². The molecule has 1 aliphatic heterocycles. The molecule has 0 bridgehead atoms. The predicted molar refractivity (Wildman–Crippen MR) is 94.3 cm³/mol. The van der Waals surface area contributed by atoms with Crippen molar-refractivity contribution in [1.29, 1.82) is 0 Å². The van der Waals surface area contributed by atoms with Crippen LogP contribution in [-0.2, 0) is 0 Å². The van der Waals surface area contributed by atoms with Gasteiger partial charge in [-0.1, -0.05) is 25.9 Å². The van der Waals surface area contributed by atoms with Crippen LogP contribution in [-0.4, -0.2) is 41.6 Å². The molecule has 1 N–H and O–H groups in total. The summed E-state index contributed by atoms with van der Waals surface area (Å²) < 4.78 is 5.37. The fourth-order valence-electron chi connectivity index (χ4n) is 3.24. The molecular formula is C17H30ClN3O2. The summed E-state index contributed by atoms with van der Waals surface area (Å²) in [6.07, 6.45) is 5.02. The Labute approximate surface area is 145 Å². The maximum atomic E-state index is 12.8. The Morgan fingerprint density at radius 3 is 2.57 bits per heavy atom. The van der Waals surface area contributed by atoms with Crippen LogP contribution in [0.2, 0.25) is 0 Å². The van der Waals surface area contributed by atoms with Crippen LogP contribution in [0.25, 0.3) is 0 Å². The van der Waals surface area contributed by atoms with Crippen molar-refractivity contribution >= 4 is 18.3 Å². The van der Waals surface area contributed by atoms with Crippen LogP contribution in [0.4, 0.5) is 0 Å². The van der Waals surface area contributed by atoms with E-state index in [1.165, 1.54) is 0 Å². The quantitative estimate of drug-likeness (QED) is 0.821. The van der Waals surface area contributed by atoms with E-state index in [1.54, 1.807) is 0 Å². The number of piperidine rings is 1. The standard InChI is InChI=1S/C17H29N3O2.ClH/c1-4-11-20(14-7-9-18-10-8-14)17(21)16-12-15(19-22-16)13(5-2)6-3;/h12-14,18H,4-11H2,1-3H3;1H. The number of nitrogens with zero attached hydrogens (tertiary/aromatic N) is 2. The molecule has 5 nitrogen and oxygen atoms in total. The van der Waals surface area contributed by atoms with E-state index < -0.39 is 0 Å². The second-order valence-electron chi connectivity index (χ2n) is 6.11. The maximum absolute atomic E-state index is 12.8. The van der Waals surface area contributed by atoms with Crippen molar-refractivity contribution in [3.8, 4) is 0 Å². The van der Waals surface area contributed by atoms with Gasteiger partial charge in [0.05, 0.1) is 5.69 Å². The first-order valence-electron chi connectivity index (χ1n) is 8.69. The van der Waals surface area contributed by atoms with Gasteiger partial charge < -0.3 is 14.7 Å². The topological polar surface area (TPSA) is 58.4 Å². The molecule has 2 heterocycles. The molecule has 2 rings (SSSR count). The molecule has 6 heteroatoms. The van der Waals surface area contributed by atoms with E-state index in [0.717, 1.165) is 57.4 Å². The largest absolute Gasteiger partial charge is 0.351 e. The van der Waals surface area contributed by atoms with Crippen molar-refractivity contribution in [3.05, 3.63) is 17.5 Å². The fraction of sp³-hybridized carbons (Fsp3) is 0.765. The molecule has 0 aromatic carbocycles. The number of carbonyl (C=O) groups excluding carboxylic acids is 1. The molecule has 0 spiro atoms. The van der Waals surface area contributed by atoms with Gasteiger partial charge in [0.15, 0.2) is 0 Å². The first kappa shape index (κ1) is 20.0. The summed E-state index contributed by atoms with van der Waals surface area (Å²) >= 11 is 0. The lowest BCUT2D eigenvalue weighted by molar-refractivity contribution is 0.0600. The number of hydrogen-bond acceptors (Lipinski definition) is 4. The number of hydrogen-bond donors (Lipinski definition) is 1. The Morgan fingerprint density at radius 1 is 1.35 bits per heavy atom. The van der Waals surface area contributed by atoms with Gasteiger partial charge in [-0.25, -0.2) is 0 Å². The lowest BCUT2D eigenvalue weighted by Gasteiger charge is -2.33. The van der Waals surface area contributed by atoms with Crippen LogP contribution in [0, 0.1) is 0 Å². The number of amides is 1. The number of rotatable bonds is 7. The van der Waals surface area contributed by atoms with Crippen molar-refractivity contribution < 1.29 is 9.32 Å². The van der Waals surface area contributed by atoms with Crippen molar-refractivity contribution in [2.45, 2.75) is 64.8 Å². The monoisotopic (exact) mass is 343 g/mol. The van der Waals surface area contributed by atoms with Crippen molar-refractivity contribution in [2.24, 2.45) is 0 Å². The summed E-state index contributed by atoms with van der Waals surface area (Å²) in [6.45, 7) is 9.13.